The van der Waals surface area contributed by atoms with E-state index in [0.29, 0.717) is 10.8 Å². The Morgan fingerprint density at radius 2 is 1.23 bits per heavy atom. The number of benzene rings is 4. The van der Waals surface area contributed by atoms with Gasteiger partial charge in [-0.2, -0.15) is 16.8 Å². The third-order valence-electron chi connectivity index (χ3n) is 4.61. The van der Waals surface area contributed by atoms with Gasteiger partial charge in [-0.15, -0.1) is 10.2 Å². The smallest absolute Gasteiger partial charge is 0.297 e. The maximum atomic E-state index is 12.2. The van der Waals surface area contributed by atoms with Gasteiger partial charge in [0.15, 0.2) is 0 Å². The summed E-state index contributed by atoms with van der Waals surface area (Å²) in [4.78, 5) is -1.69. The Hall–Kier alpha value is -3.38. The Bertz CT molecular complexity index is 1600. The van der Waals surface area contributed by atoms with Crippen molar-refractivity contribution in [2.45, 2.75) is 9.79 Å². The molecule has 0 saturated carbocycles. The molecule has 0 radical (unpaired) electrons. The number of hydrogen-bond donors (Lipinski definition) is 3. The summed E-state index contributed by atoms with van der Waals surface area (Å²) < 4.78 is 67.8. The van der Waals surface area contributed by atoms with Gasteiger partial charge in [0.25, 0.3) is 20.2 Å². The Kier molecular flexibility index (Phi) is 4.98. The largest absolute Gasteiger partial charge is 0.506 e. The van der Waals surface area contributed by atoms with Gasteiger partial charge in [0.2, 0.25) is 0 Å². The minimum absolute atomic E-state index is 0.0199. The molecular formula is C20H14N2O7S2. The number of rotatable bonds is 4. The second kappa shape index (κ2) is 7.39. The van der Waals surface area contributed by atoms with E-state index in [1.807, 2.05) is 0 Å². The van der Waals surface area contributed by atoms with Crippen molar-refractivity contribution >= 4 is 53.2 Å². The first-order valence-electron chi connectivity index (χ1n) is 8.70. The van der Waals surface area contributed by atoms with Crippen molar-refractivity contribution in [2.24, 2.45) is 10.2 Å². The van der Waals surface area contributed by atoms with Crippen LogP contribution in [0, 0.1) is 0 Å². The van der Waals surface area contributed by atoms with Crippen LogP contribution in [-0.4, -0.2) is 31.0 Å². The van der Waals surface area contributed by atoms with Crippen LogP contribution < -0.4 is 0 Å². The van der Waals surface area contributed by atoms with Gasteiger partial charge < -0.3 is 5.11 Å². The molecule has 0 heterocycles. The van der Waals surface area contributed by atoms with Crippen molar-refractivity contribution in [3.8, 4) is 5.75 Å². The van der Waals surface area contributed by atoms with Crippen LogP contribution in [0.3, 0.4) is 0 Å². The van der Waals surface area contributed by atoms with Crippen LogP contribution in [0.5, 0.6) is 5.75 Å². The summed E-state index contributed by atoms with van der Waals surface area (Å²) in [5, 5.41) is 19.1. The van der Waals surface area contributed by atoms with Crippen molar-refractivity contribution in [3.05, 3.63) is 66.7 Å². The van der Waals surface area contributed by atoms with Crippen molar-refractivity contribution < 1.29 is 31.0 Å². The van der Waals surface area contributed by atoms with Crippen LogP contribution in [0.2, 0.25) is 0 Å². The minimum atomic E-state index is -4.99. The third kappa shape index (κ3) is 3.86. The van der Waals surface area contributed by atoms with E-state index in [1.54, 1.807) is 30.3 Å². The van der Waals surface area contributed by atoms with E-state index in [1.165, 1.54) is 30.3 Å². The van der Waals surface area contributed by atoms with Gasteiger partial charge >= 0.3 is 0 Å². The molecular weight excluding hydrogens is 444 g/mol. The molecule has 9 nitrogen and oxygen atoms in total. The molecule has 0 bridgehead atoms. The zero-order valence-electron chi connectivity index (χ0n) is 15.5. The normalized spacial score (nSPS) is 12.7. The highest BCUT2D eigenvalue weighted by atomic mass is 32.2. The summed E-state index contributed by atoms with van der Waals surface area (Å²) in [6.45, 7) is 0. The van der Waals surface area contributed by atoms with Crippen molar-refractivity contribution in [2.75, 3.05) is 0 Å². The fraction of sp³-hybridized carbons (Fsp3) is 0. The SMILES string of the molecule is O=S(=O)(O)c1cc2ccccc2c(S(=O)(=O)O)c1N=Nc1c(O)ccc2ccccc12. The van der Waals surface area contributed by atoms with E-state index in [9.17, 15) is 31.0 Å². The minimum Gasteiger partial charge on any atom is -0.506 e. The van der Waals surface area contributed by atoms with Gasteiger partial charge in [0.05, 0.1) is 0 Å². The average molecular weight is 458 g/mol. The zero-order chi connectivity index (χ0) is 22.4. The Morgan fingerprint density at radius 3 is 1.87 bits per heavy atom. The summed E-state index contributed by atoms with van der Waals surface area (Å²) in [5.41, 5.74) is -0.829. The molecule has 0 spiro atoms. The molecule has 0 aliphatic heterocycles. The number of hydrogen-bond acceptors (Lipinski definition) is 7. The predicted molar refractivity (Wildman–Crippen MR) is 113 cm³/mol. The number of phenolic OH excluding ortho intramolecular Hbond substituents is 1. The van der Waals surface area contributed by atoms with Crippen molar-refractivity contribution in [1.82, 2.24) is 0 Å². The van der Waals surface area contributed by atoms with Crippen LogP contribution in [-0.2, 0) is 20.2 Å². The lowest BCUT2D eigenvalue weighted by Gasteiger charge is -2.11. The third-order valence-corrected chi connectivity index (χ3v) is 6.40. The molecule has 0 aromatic heterocycles. The Balaban J connectivity index is 2.10. The summed E-state index contributed by atoms with van der Waals surface area (Å²) in [6, 6.07) is 16.6. The fourth-order valence-corrected chi connectivity index (χ4v) is 4.87. The molecule has 0 amide bonds. The lowest BCUT2D eigenvalue weighted by molar-refractivity contribution is 0.477. The maximum absolute atomic E-state index is 12.2. The van der Waals surface area contributed by atoms with Crippen LogP contribution in [0.1, 0.15) is 0 Å². The van der Waals surface area contributed by atoms with Crippen LogP contribution in [0.25, 0.3) is 21.5 Å². The van der Waals surface area contributed by atoms with E-state index in [0.717, 1.165) is 6.07 Å². The molecule has 4 rings (SSSR count). The first-order valence-corrected chi connectivity index (χ1v) is 11.6. The average Bonchev–Trinajstić information content (AvgIpc) is 2.70. The molecule has 11 heteroatoms. The zero-order valence-corrected chi connectivity index (χ0v) is 17.2. The van der Waals surface area contributed by atoms with Gasteiger partial charge in [-0.3, -0.25) is 9.11 Å². The van der Waals surface area contributed by atoms with Gasteiger partial charge in [-0.05, 0) is 22.9 Å². The molecule has 0 atom stereocenters. The summed E-state index contributed by atoms with van der Waals surface area (Å²) in [7, 11) is -9.95. The number of azo groups is 1. The van der Waals surface area contributed by atoms with E-state index >= 15 is 0 Å². The number of phenols is 1. The molecule has 0 unspecified atom stereocenters. The Morgan fingerprint density at radius 1 is 0.645 bits per heavy atom. The molecule has 0 fully saturated rings. The molecule has 0 aliphatic rings. The van der Waals surface area contributed by atoms with Crippen LogP contribution in [0.15, 0.2) is 86.7 Å². The summed E-state index contributed by atoms with van der Waals surface area (Å²) in [6.07, 6.45) is 0. The molecule has 31 heavy (non-hydrogen) atoms. The van der Waals surface area contributed by atoms with E-state index < -0.39 is 35.7 Å². The highest BCUT2D eigenvalue weighted by Gasteiger charge is 2.28. The number of fused-ring (bicyclic) bond motifs is 2. The highest BCUT2D eigenvalue weighted by molar-refractivity contribution is 7.87. The van der Waals surface area contributed by atoms with Gasteiger partial charge in [0.1, 0.15) is 26.9 Å². The predicted octanol–water partition coefficient (Wildman–Crippen LogP) is 4.61. The van der Waals surface area contributed by atoms with Crippen LogP contribution >= 0.6 is 0 Å². The summed E-state index contributed by atoms with van der Waals surface area (Å²) in [5.74, 6) is -0.287. The van der Waals surface area contributed by atoms with E-state index in [2.05, 4.69) is 10.2 Å². The standard InChI is InChI=1S/C20H14N2O7S2/c23-16-10-9-12-5-1-3-7-14(12)18(16)21-22-19-17(30(24,25)26)11-13-6-2-4-8-15(13)20(19)31(27,28)29/h1-11,23H,(H,24,25,26)(H,27,28,29). The van der Waals surface area contributed by atoms with E-state index in [-0.39, 0.29) is 22.2 Å². The van der Waals surface area contributed by atoms with Gasteiger partial charge in [-0.25, -0.2) is 0 Å². The second-order valence-electron chi connectivity index (χ2n) is 6.58. The van der Waals surface area contributed by atoms with Gasteiger partial charge in [-0.1, -0.05) is 54.6 Å². The lowest BCUT2D eigenvalue weighted by atomic mass is 10.1. The molecule has 4 aromatic carbocycles. The molecule has 3 N–H and O–H groups in total. The second-order valence-corrected chi connectivity index (χ2v) is 9.33. The quantitative estimate of drug-likeness (QED) is 0.298. The van der Waals surface area contributed by atoms with Gasteiger partial charge in [0, 0.05) is 10.8 Å². The van der Waals surface area contributed by atoms with Crippen molar-refractivity contribution in [3.63, 3.8) is 0 Å². The molecule has 158 valence electrons. The van der Waals surface area contributed by atoms with Crippen LogP contribution in [0.4, 0.5) is 11.4 Å². The lowest BCUT2D eigenvalue weighted by Crippen LogP contribution is -2.05. The summed E-state index contributed by atoms with van der Waals surface area (Å²) >= 11 is 0. The molecule has 0 aliphatic carbocycles. The molecule has 0 saturated heterocycles. The number of nitrogens with zero attached hydrogens (tertiary/aromatic N) is 2. The van der Waals surface area contributed by atoms with Crippen molar-refractivity contribution in [1.29, 1.82) is 0 Å². The Labute approximate surface area is 176 Å². The monoisotopic (exact) mass is 458 g/mol. The molecule has 4 aromatic rings. The van der Waals surface area contributed by atoms with E-state index in [4.69, 9.17) is 0 Å². The first-order chi connectivity index (χ1) is 14.6. The number of aromatic hydroxyl groups is 1. The maximum Gasteiger partial charge on any atom is 0.297 e. The highest BCUT2D eigenvalue weighted by Crippen LogP contribution is 2.41. The first kappa shape index (κ1) is 20.9. The topological polar surface area (TPSA) is 154 Å². The fourth-order valence-electron chi connectivity index (χ4n) is 3.28.